The SMILES string of the molecule is CCN(CC)C(=O)COc1ccc([C@H]2C(C#N)=C(N)Oc3n[nH]c(-c4ccc(C)cc4)c32)cc1OC. The fourth-order valence-electron chi connectivity index (χ4n) is 4.31. The van der Waals surface area contributed by atoms with Crippen molar-refractivity contribution >= 4 is 5.91 Å². The van der Waals surface area contributed by atoms with Gasteiger partial charge in [-0.1, -0.05) is 35.9 Å². The Balaban J connectivity index is 1.74. The quantitative estimate of drug-likeness (QED) is 0.494. The summed E-state index contributed by atoms with van der Waals surface area (Å²) >= 11 is 0. The highest BCUT2D eigenvalue weighted by molar-refractivity contribution is 5.78. The minimum atomic E-state index is -0.547. The number of methoxy groups -OCH3 is 1. The number of nitriles is 1. The van der Waals surface area contributed by atoms with Crippen molar-refractivity contribution in [2.45, 2.75) is 26.7 Å². The van der Waals surface area contributed by atoms with Gasteiger partial charge in [-0.15, -0.1) is 5.10 Å². The summed E-state index contributed by atoms with van der Waals surface area (Å²) in [6.07, 6.45) is 0. The van der Waals surface area contributed by atoms with Crippen LogP contribution in [0.1, 0.15) is 36.5 Å². The molecule has 4 rings (SSSR count). The van der Waals surface area contributed by atoms with Gasteiger partial charge >= 0.3 is 0 Å². The van der Waals surface area contributed by atoms with Crippen LogP contribution in [-0.4, -0.2) is 47.8 Å². The number of benzene rings is 2. The summed E-state index contributed by atoms with van der Waals surface area (Å²) in [6, 6.07) is 15.5. The average molecular weight is 488 g/mol. The molecule has 1 aliphatic heterocycles. The number of ether oxygens (including phenoxy) is 3. The van der Waals surface area contributed by atoms with Crippen molar-refractivity contribution in [3.63, 3.8) is 0 Å². The highest BCUT2D eigenvalue weighted by Crippen LogP contribution is 2.47. The van der Waals surface area contributed by atoms with E-state index in [0.29, 0.717) is 36.0 Å². The highest BCUT2D eigenvalue weighted by Gasteiger charge is 2.36. The normalized spacial score (nSPS) is 14.5. The fraction of sp³-hybridized carbons (Fsp3) is 0.296. The third-order valence-electron chi connectivity index (χ3n) is 6.27. The number of allylic oxidation sites excluding steroid dienone is 1. The van der Waals surface area contributed by atoms with Crippen LogP contribution in [0.25, 0.3) is 11.3 Å². The van der Waals surface area contributed by atoms with Crippen molar-refractivity contribution in [1.29, 1.82) is 5.26 Å². The lowest BCUT2D eigenvalue weighted by atomic mass is 9.83. The van der Waals surface area contributed by atoms with E-state index in [9.17, 15) is 10.1 Å². The number of nitrogens with two attached hydrogens (primary N) is 1. The molecule has 0 radical (unpaired) electrons. The van der Waals surface area contributed by atoms with E-state index in [0.717, 1.165) is 22.4 Å². The molecule has 0 saturated carbocycles. The summed E-state index contributed by atoms with van der Waals surface area (Å²) in [4.78, 5) is 14.1. The smallest absolute Gasteiger partial charge is 0.260 e. The highest BCUT2D eigenvalue weighted by atomic mass is 16.5. The Morgan fingerprint density at radius 3 is 2.56 bits per heavy atom. The summed E-state index contributed by atoms with van der Waals surface area (Å²) in [5.74, 6) is 0.523. The molecule has 0 unspecified atom stereocenters. The van der Waals surface area contributed by atoms with Crippen molar-refractivity contribution in [1.82, 2.24) is 15.1 Å². The predicted octanol–water partition coefficient (Wildman–Crippen LogP) is 3.86. The first-order valence-corrected chi connectivity index (χ1v) is 11.7. The molecule has 3 aromatic rings. The van der Waals surface area contributed by atoms with E-state index >= 15 is 0 Å². The van der Waals surface area contributed by atoms with Gasteiger partial charge in [-0.05, 0) is 38.5 Å². The third kappa shape index (κ3) is 4.58. The number of aromatic nitrogens is 2. The number of rotatable bonds is 8. The molecular formula is C27H29N5O4. The molecule has 1 aliphatic rings. The van der Waals surface area contributed by atoms with E-state index < -0.39 is 5.92 Å². The molecule has 36 heavy (non-hydrogen) atoms. The largest absolute Gasteiger partial charge is 0.493 e. The molecule has 9 nitrogen and oxygen atoms in total. The number of nitrogens with one attached hydrogen (secondary N) is 1. The molecule has 0 saturated heterocycles. The number of fused-ring (bicyclic) bond motifs is 1. The molecule has 2 heterocycles. The predicted molar refractivity (Wildman–Crippen MR) is 134 cm³/mol. The van der Waals surface area contributed by atoms with Gasteiger partial charge in [0.1, 0.15) is 11.6 Å². The number of hydrogen-bond acceptors (Lipinski definition) is 7. The number of nitrogens with zero attached hydrogens (tertiary/aromatic N) is 3. The minimum absolute atomic E-state index is 0.000990. The number of H-pyrrole nitrogens is 1. The monoisotopic (exact) mass is 487 g/mol. The number of amides is 1. The van der Waals surface area contributed by atoms with Crippen LogP contribution in [0.4, 0.5) is 0 Å². The van der Waals surface area contributed by atoms with E-state index in [1.807, 2.05) is 51.1 Å². The number of likely N-dealkylation sites (N-methyl/N-ethyl adjacent to an activating group) is 1. The second kappa shape index (κ2) is 10.4. The van der Waals surface area contributed by atoms with E-state index in [-0.39, 0.29) is 24.0 Å². The van der Waals surface area contributed by atoms with Crippen LogP contribution in [0.2, 0.25) is 0 Å². The number of carbonyl (C=O) groups excluding carboxylic acids is 1. The van der Waals surface area contributed by atoms with Crippen molar-refractivity contribution in [2.24, 2.45) is 5.73 Å². The molecule has 2 aromatic carbocycles. The fourth-order valence-corrected chi connectivity index (χ4v) is 4.31. The summed E-state index contributed by atoms with van der Waals surface area (Å²) in [5, 5.41) is 17.4. The number of hydrogen-bond donors (Lipinski definition) is 2. The van der Waals surface area contributed by atoms with Gasteiger partial charge in [0.05, 0.1) is 24.3 Å². The molecule has 186 valence electrons. The molecule has 9 heteroatoms. The van der Waals surface area contributed by atoms with E-state index in [2.05, 4.69) is 16.3 Å². The Morgan fingerprint density at radius 1 is 1.19 bits per heavy atom. The maximum absolute atomic E-state index is 12.4. The molecule has 0 bridgehead atoms. The first kappa shape index (κ1) is 24.7. The van der Waals surface area contributed by atoms with Crippen molar-refractivity contribution < 1.29 is 19.0 Å². The molecule has 0 spiro atoms. The standard InChI is InChI=1S/C27H29N5O4/c1-5-32(6-2)22(33)15-35-20-12-11-18(13-21(20)34-4)23-19(14-28)26(29)36-27-24(23)25(30-31-27)17-9-7-16(3)8-10-17/h7-13,23H,5-6,15,29H2,1-4H3,(H,30,31)/t23-/m0/s1. The Morgan fingerprint density at radius 2 is 1.92 bits per heavy atom. The number of aromatic amines is 1. The second-order valence-corrected chi connectivity index (χ2v) is 8.37. The lowest BCUT2D eigenvalue weighted by molar-refractivity contribution is -0.132. The lowest BCUT2D eigenvalue weighted by Gasteiger charge is -2.25. The maximum atomic E-state index is 12.4. The van der Waals surface area contributed by atoms with Crippen LogP contribution >= 0.6 is 0 Å². The first-order chi connectivity index (χ1) is 17.4. The topological polar surface area (TPSA) is 126 Å². The van der Waals surface area contributed by atoms with Crippen LogP contribution < -0.4 is 19.9 Å². The molecule has 0 fully saturated rings. The Hall–Kier alpha value is -4.45. The second-order valence-electron chi connectivity index (χ2n) is 8.37. The minimum Gasteiger partial charge on any atom is -0.493 e. The summed E-state index contributed by atoms with van der Waals surface area (Å²) in [5.41, 5.74) is 10.6. The molecular weight excluding hydrogens is 458 g/mol. The molecule has 1 amide bonds. The van der Waals surface area contributed by atoms with Crippen LogP contribution in [-0.2, 0) is 4.79 Å². The Labute approximate surface area is 210 Å². The van der Waals surface area contributed by atoms with E-state index in [1.165, 1.54) is 7.11 Å². The van der Waals surface area contributed by atoms with E-state index in [1.54, 1.807) is 17.0 Å². The summed E-state index contributed by atoms with van der Waals surface area (Å²) in [7, 11) is 1.53. The van der Waals surface area contributed by atoms with Gasteiger partial charge in [0.25, 0.3) is 5.91 Å². The number of aryl methyl sites for hydroxylation is 1. The first-order valence-electron chi connectivity index (χ1n) is 11.7. The van der Waals surface area contributed by atoms with Crippen molar-refractivity contribution in [2.75, 3.05) is 26.8 Å². The van der Waals surface area contributed by atoms with Gasteiger partial charge in [0, 0.05) is 18.7 Å². The number of carbonyl (C=O) groups is 1. The zero-order chi connectivity index (χ0) is 25.8. The van der Waals surface area contributed by atoms with Gasteiger partial charge in [0.15, 0.2) is 18.1 Å². The van der Waals surface area contributed by atoms with Gasteiger partial charge in [-0.25, -0.2) is 0 Å². The molecule has 1 atom stereocenters. The van der Waals surface area contributed by atoms with Crippen molar-refractivity contribution in [3.05, 3.63) is 70.6 Å². The van der Waals surface area contributed by atoms with Gasteiger partial charge in [0.2, 0.25) is 11.8 Å². The molecule has 3 N–H and O–H groups in total. The van der Waals surface area contributed by atoms with Crippen LogP contribution in [0.3, 0.4) is 0 Å². The third-order valence-corrected chi connectivity index (χ3v) is 6.27. The molecule has 0 aliphatic carbocycles. The van der Waals surface area contributed by atoms with Gasteiger partial charge in [-0.2, -0.15) is 5.26 Å². The van der Waals surface area contributed by atoms with Crippen LogP contribution in [0.5, 0.6) is 17.4 Å². The summed E-state index contributed by atoms with van der Waals surface area (Å²) < 4.78 is 17.1. The molecule has 1 aromatic heterocycles. The van der Waals surface area contributed by atoms with Gasteiger partial charge in [-0.3, -0.25) is 9.89 Å². The lowest BCUT2D eigenvalue weighted by Crippen LogP contribution is -2.34. The maximum Gasteiger partial charge on any atom is 0.260 e. The zero-order valence-electron chi connectivity index (χ0n) is 20.8. The van der Waals surface area contributed by atoms with Crippen molar-refractivity contribution in [3.8, 4) is 34.7 Å². The van der Waals surface area contributed by atoms with Gasteiger partial charge < -0.3 is 24.8 Å². The Kier molecular flexibility index (Phi) is 7.15. The van der Waals surface area contributed by atoms with Crippen LogP contribution in [0, 0.1) is 18.3 Å². The van der Waals surface area contributed by atoms with E-state index in [4.69, 9.17) is 19.9 Å². The average Bonchev–Trinajstić information content (AvgIpc) is 3.30. The zero-order valence-corrected chi connectivity index (χ0v) is 20.8. The summed E-state index contributed by atoms with van der Waals surface area (Å²) in [6.45, 7) is 6.98. The van der Waals surface area contributed by atoms with Crippen LogP contribution in [0.15, 0.2) is 53.9 Å². The Bertz CT molecular complexity index is 1330.